The summed E-state index contributed by atoms with van der Waals surface area (Å²) in [7, 11) is 0. The maximum Gasteiger partial charge on any atom is 0.184 e. The Kier molecular flexibility index (Phi) is 4.21. The van der Waals surface area contributed by atoms with E-state index in [1.165, 1.54) is 25.1 Å². The predicted molar refractivity (Wildman–Crippen MR) is 103 cm³/mol. The van der Waals surface area contributed by atoms with Crippen LogP contribution in [-0.2, 0) is 12.8 Å². The molecule has 1 fully saturated rings. The van der Waals surface area contributed by atoms with E-state index in [-0.39, 0.29) is 0 Å². The van der Waals surface area contributed by atoms with Gasteiger partial charge in [-0.05, 0) is 42.0 Å². The molecule has 0 atom stereocenters. The Balaban J connectivity index is 1.20. The first-order valence-corrected chi connectivity index (χ1v) is 9.79. The number of fused-ring (bicyclic) bond motifs is 2. The molecule has 4 heteroatoms. The first-order chi connectivity index (χ1) is 12.9. The van der Waals surface area contributed by atoms with E-state index in [4.69, 9.17) is 9.47 Å². The minimum absolute atomic E-state index is 0.645. The van der Waals surface area contributed by atoms with Gasteiger partial charge in [-0.25, -0.2) is 0 Å². The van der Waals surface area contributed by atoms with E-state index in [2.05, 4.69) is 46.2 Å². The van der Waals surface area contributed by atoms with Gasteiger partial charge >= 0.3 is 0 Å². The maximum atomic E-state index is 5.90. The standard InChI is InChI=1S/C22H26N2O2/c1-2-5-19-15-17(14-18(19)4-1)16-23-8-10-24(11-9-23)20-6-3-7-21-22(20)26-13-12-25-21/h1-7,17H,8-16H2. The molecule has 0 N–H and O–H groups in total. The molecule has 0 amide bonds. The highest BCUT2D eigenvalue weighted by atomic mass is 16.6. The number of rotatable bonds is 3. The smallest absolute Gasteiger partial charge is 0.184 e. The number of piperazine rings is 1. The SMILES string of the molecule is c1ccc2c(c1)CC(CN1CCN(c3cccc4c3OCCO4)CC1)C2. The summed E-state index contributed by atoms with van der Waals surface area (Å²) < 4.78 is 11.6. The summed E-state index contributed by atoms with van der Waals surface area (Å²) in [5, 5.41) is 0. The fourth-order valence-electron chi connectivity index (χ4n) is 4.62. The maximum absolute atomic E-state index is 5.90. The molecule has 5 rings (SSSR count). The Bertz CT molecular complexity index is 758. The van der Waals surface area contributed by atoms with Crippen molar-refractivity contribution in [1.29, 1.82) is 0 Å². The summed E-state index contributed by atoms with van der Waals surface area (Å²) >= 11 is 0. The third-order valence-corrected chi connectivity index (χ3v) is 5.91. The molecule has 1 aliphatic carbocycles. The molecule has 26 heavy (non-hydrogen) atoms. The molecule has 0 aromatic heterocycles. The Morgan fingerprint density at radius 2 is 1.54 bits per heavy atom. The number of ether oxygens (including phenoxy) is 2. The topological polar surface area (TPSA) is 24.9 Å². The van der Waals surface area contributed by atoms with Gasteiger partial charge in [0.15, 0.2) is 11.5 Å². The molecule has 0 bridgehead atoms. The van der Waals surface area contributed by atoms with E-state index < -0.39 is 0 Å². The third kappa shape index (κ3) is 3.03. The van der Waals surface area contributed by atoms with Crippen LogP contribution in [0.3, 0.4) is 0 Å². The fourth-order valence-corrected chi connectivity index (χ4v) is 4.62. The van der Waals surface area contributed by atoms with Crippen LogP contribution in [0.2, 0.25) is 0 Å². The van der Waals surface area contributed by atoms with Gasteiger partial charge in [-0.2, -0.15) is 0 Å². The molecule has 2 heterocycles. The quantitative estimate of drug-likeness (QED) is 0.850. The Morgan fingerprint density at radius 3 is 2.31 bits per heavy atom. The van der Waals surface area contributed by atoms with E-state index in [0.717, 1.165) is 43.6 Å². The minimum Gasteiger partial charge on any atom is -0.486 e. The van der Waals surface area contributed by atoms with Crippen LogP contribution in [0.15, 0.2) is 42.5 Å². The van der Waals surface area contributed by atoms with Crippen molar-refractivity contribution in [3.05, 3.63) is 53.6 Å². The van der Waals surface area contributed by atoms with Crippen molar-refractivity contribution >= 4 is 5.69 Å². The van der Waals surface area contributed by atoms with E-state index in [1.807, 2.05) is 6.07 Å². The van der Waals surface area contributed by atoms with Crippen LogP contribution in [-0.4, -0.2) is 50.8 Å². The first-order valence-electron chi connectivity index (χ1n) is 9.79. The molecule has 2 aromatic rings. The van der Waals surface area contributed by atoms with Crippen molar-refractivity contribution < 1.29 is 9.47 Å². The second-order valence-corrected chi connectivity index (χ2v) is 7.63. The van der Waals surface area contributed by atoms with Gasteiger partial charge in [-0.15, -0.1) is 0 Å². The zero-order valence-corrected chi connectivity index (χ0v) is 15.2. The van der Waals surface area contributed by atoms with Gasteiger partial charge in [0, 0.05) is 32.7 Å². The van der Waals surface area contributed by atoms with Gasteiger partial charge in [-0.3, -0.25) is 4.90 Å². The molecule has 0 radical (unpaired) electrons. The Hall–Kier alpha value is -2.20. The average molecular weight is 350 g/mol. The molecule has 2 aliphatic heterocycles. The zero-order valence-electron chi connectivity index (χ0n) is 15.2. The lowest BCUT2D eigenvalue weighted by atomic mass is 10.1. The lowest BCUT2D eigenvalue weighted by molar-refractivity contribution is 0.171. The van der Waals surface area contributed by atoms with Crippen LogP contribution in [0.5, 0.6) is 11.5 Å². The Labute approximate surface area is 155 Å². The van der Waals surface area contributed by atoms with Gasteiger partial charge in [-0.1, -0.05) is 30.3 Å². The molecule has 2 aromatic carbocycles. The minimum atomic E-state index is 0.645. The van der Waals surface area contributed by atoms with Gasteiger partial charge in [0.05, 0.1) is 5.69 Å². The summed E-state index contributed by atoms with van der Waals surface area (Å²) in [6, 6.07) is 15.2. The zero-order chi connectivity index (χ0) is 17.3. The highest BCUT2D eigenvalue weighted by Crippen LogP contribution is 2.39. The number of nitrogens with zero attached hydrogens (tertiary/aromatic N) is 2. The number of benzene rings is 2. The number of hydrogen-bond acceptors (Lipinski definition) is 4. The van der Waals surface area contributed by atoms with Crippen molar-refractivity contribution in [2.45, 2.75) is 12.8 Å². The number of para-hydroxylation sites is 1. The predicted octanol–water partition coefficient (Wildman–Crippen LogP) is 2.99. The van der Waals surface area contributed by atoms with Gasteiger partial charge < -0.3 is 14.4 Å². The average Bonchev–Trinajstić information content (AvgIpc) is 3.10. The monoisotopic (exact) mass is 350 g/mol. The molecule has 0 spiro atoms. The van der Waals surface area contributed by atoms with Crippen LogP contribution in [0, 0.1) is 5.92 Å². The molecule has 1 saturated heterocycles. The summed E-state index contributed by atoms with van der Waals surface area (Å²) in [5.41, 5.74) is 4.31. The summed E-state index contributed by atoms with van der Waals surface area (Å²) in [5.74, 6) is 2.60. The molecule has 136 valence electrons. The number of hydrogen-bond donors (Lipinski definition) is 0. The van der Waals surface area contributed by atoms with Crippen molar-refractivity contribution in [3.8, 4) is 11.5 Å². The van der Waals surface area contributed by atoms with E-state index in [1.54, 1.807) is 11.1 Å². The van der Waals surface area contributed by atoms with Crippen LogP contribution in [0.1, 0.15) is 11.1 Å². The van der Waals surface area contributed by atoms with Gasteiger partial charge in [0.1, 0.15) is 13.2 Å². The molecule has 4 nitrogen and oxygen atoms in total. The second-order valence-electron chi connectivity index (χ2n) is 7.63. The van der Waals surface area contributed by atoms with E-state index in [0.29, 0.717) is 13.2 Å². The van der Waals surface area contributed by atoms with Crippen LogP contribution >= 0.6 is 0 Å². The summed E-state index contributed by atoms with van der Waals surface area (Å²) in [6.07, 6.45) is 2.49. The van der Waals surface area contributed by atoms with E-state index >= 15 is 0 Å². The van der Waals surface area contributed by atoms with Crippen molar-refractivity contribution in [2.24, 2.45) is 5.92 Å². The lowest BCUT2D eigenvalue weighted by Gasteiger charge is -2.38. The third-order valence-electron chi connectivity index (χ3n) is 5.91. The molecular weight excluding hydrogens is 324 g/mol. The molecular formula is C22H26N2O2. The molecule has 0 saturated carbocycles. The van der Waals surface area contributed by atoms with Crippen molar-refractivity contribution in [1.82, 2.24) is 4.90 Å². The fraction of sp³-hybridized carbons (Fsp3) is 0.455. The second kappa shape index (κ2) is 6.84. The summed E-state index contributed by atoms with van der Waals surface area (Å²) in [6.45, 7) is 6.86. The van der Waals surface area contributed by atoms with Crippen molar-refractivity contribution in [2.75, 3.05) is 50.8 Å². The van der Waals surface area contributed by atoms with Gasteiger partial charge in [0.2, 0.25) is 0 Å². The normalized spacial score (nSPS) is 20.2. The van der Waals surface area contributed by atoms with Gasteiger partial charge in [0.25, 0.3) is 0 Å². The van der Waals surface area contributed by atoms with Crippen molar-refractivity contribution in [3.63, 3.8) is 0 Å². The summed E-state index contributed by atoms with van der Waals surface area (Å²) in [4.78, 5) is 5.09. The highest BCUT2D eigenvalue weighted by Gasteiger charge is 2.27. The van der Waals surface area contributed by atoms with Crippen LogP contribution in [0.25, 0.3) is 0 Å². The van der Waals surface area contributed by atoms with E-state index in [9.17, 15) is 0 Å². The first kappa shape index (κ1) is 16.0. The molecule has 0 unspecified atom stereocenters. The Morgan fingerprint density at radius 1 is 0.808 bits per heavy atom. The largest absolute Gasteiger partial charge is 0.486 e. The number of anilines is 1. The lowest BCUT2D eigenvalue weighted by Crippen LogP contribution is -2.48. The van der Waals surface area contributed by atoms with Crippen LogP contribution < -0.4 is 14.4 Å². The highest BCUT2D eigenvalue weighted by molar-refractivity contribution is 5.65. The van der Waals surface area contributed by atoms with Crippen LogP contribution in [0.4, 0.5) is 5.69 Å². The molecule has 3 aliphatic rings.